The van der Waals surface area contributed by atoms with Crippen LogP contribution in [0.4, 0.5) is 8.78 Å². The zero-order valence-corrected chi connectivity index (χ0v) is 13.3. The zero-order valence-electron chi connectivity index (χ0n) is 13.3. The van der Waals surface area contributed by atoms with Gasteiger partial charge in [0.2, 0.25) is 11.8 Å². The summed E-state index contributed by atoms with van der Waals surface area (Å²) in [5.74, 6) is -2.23. The number of nitrogens with one attached hydrogen (secondary N) is 1. The largest absolute Gasteiger partial charge is 0.353 e. The number of hydrogen-bond acceptors (Lipinski definition) is 3. The van der Waals surface area contributed by atoms with Crippen LogP contribution >= 0.6 is 0 Å². The first-order valence-electron chi connectivity index (χ1n) is 7.62. The quantitative estimate of drug-likeness (QED) is 0.883. The molecule has 1 atom stereocenters. The van der Waals surface area contributed by atoms with Gasteiger partial charge in [-0.25, -0.2) is 8.78 Å². The number of amides is 2. The molecule has 1 N–H and O–H groups in total. The minimum absolute atomic E-state index is 0.0209. The summed E-state index contributed by atoms with van der Waals surface area (Å²) in [7, 11) is 1.67. The summed E-state index contributed by atoms with van der Waals surface area (Å²) in [4.78, 5) is 27.4. The maximum atomic E-state index is 13.8. The minimum atomic E-state index is -0.915. The lowest BCUT2D eigenvalue weighted by Gasteiger charge is -2.35. The van der Waals surface area contributed by atoms with Crippen molar-refractivity contribution >= 4 is 11.8 Å². The van der Waals surface area contributed by atoms with Crippen molar-refractivity contribution in [3.63, 3.8) is 0 Å². The van der Waals surface area contributed by atoms with Crippen molar-refractivity contribution in [2.75, 3.05) is 26.7 Å². The predicted octanol–water partition coefficient (Wildman–Crippen LogP) is 1.13. The topological polar surface area (TPSA) is 52.7 Å². The lowest BCUT2D eigenvalue weighted by atomic mass is 10.1. The van der Waals surface area contributed by atoms with Crippen LogP contribution in [0, 0.1) is 11.6 Å². The molecule has 5 nitrogen and oxygen atoms in total. The third-order valence-electron chi connectivity index (χ3n) is 4.11. The van der Waals surface area contributed by atoms with Gasteiger partial charge >= 0.3 is 0 Å². The molecule has 126 valence electrons. The smallest absolute Gasteiger partial charge is 0.237 e. The first-order valence-corrected chi connectivity index (χ1v) is 7.62. The lowest BCUT2D eigenvalue weighted by molar-refractivity contribution is -0.138. The van der Waals surface area contributed by atoms with Crippen molar-refractivity contribution in [3.8, 4) is 0 Å². The maximum Gasteiger partial charge on any atom is 0.237 e. The molecule has 1 fully saturated rings. The molecule has 2 rings (SSSR count). The second-order valence-corrected chi connectivity index (χ2v) is 5.60. The average molecular weight is 325 g/mol. The Morgan fingerprint density at radius 3 is 2.87 bits per heavy atom. The van der Waals surface area contributed by atoms with E-state index in [2.05, 4.69) is 5.32 Å². The van der Waals surface area contributed by atoms with E-state index in [1.54, 1.807) is 11.9 Å². The maximum absolute atomic E-state index is 13.8. The third-order valence-corrected chi connectivity index (χ3v) is 4.11. The van der Waals surface area contributed by atoms with Gasteiger partial charge in [0.05, 0.1) is 12.5 Å². The highest BCUT2D eigenvalue weighted by Crippen LogP contribution is 2.18. The number of carbonyl (C=O) groups excluding carboxylic acids is 2. The van der Waals surface area contributed by atoms with E-state index in [0.29, 0.717) is 19.6 Å². The van der Waals surface area contributed by atoms with Gasteiger partial charge in [-0.2, -0.15) is 0 Å². The van der Waals surface area contributed by atoms with Crippen LogP contribution in [0.25, 0.3) is 0 Å². The van der Waals surface area contributed by atoms with Gasteiger partial charge in [0.1, 0.15) is 0 Å². The summed E-state index contributed by atoms with van der Waals surface area (Å²) in [6, 6.07) is 3.30. The first-order chi connectivity index (χ1) is 10.9. The van der Waals surface area contributed by atoms with E-state index in [-0.39, 0.29) is 30.3 Å². The van der Waals surface area contributed by atoms with Gasteiger partial charge in [-0.3, -0.25) is 14.5 Å². The molecule has 1 aliphatic rings. The average Bonchev–Trinajstić information content (AvgIpc) is 2.54. The molecule has 0 saturated carbocycles. The lowest BCUT2D eigenvalue weighted by Crippen LogP contribution is -2.56. The second kappa shape index (κ2) is 7.50. The molecule has 1 aromatic carbocycles. The molecule has 7 heteroatoms. The van der Waals surface area contributed by atoms with Crippen molar-refractivity contribution in [1.29, 1.82) is 0 Å². The van der Waals surface area contributed by atoms with Crippen molar-refractivity contribution in [1.82, 2.24) is 15.1 Å². The summed E-state index contributed by atoms with van der Waals surface area (Å²) in [6.07, 6.45) is 0.0209. The summed E-state index contributed by atoms with van der Waals surface area (Å²) in [6.45, 7) is 3.38. The Hall–Kier alpha value is -2.02. The van der Waals surface area contributed by atoms with Crippen LogP contribution in [0.2, 0.25) is 0 Å². The highest BCUT2D eigenvalue weighted by Gasteiger charge is 2.32. The molecular formula is C16H21F2N3O2. The van der Waals surface area contributed by atoms with Crippen LogP contribution in [0.5, 0.6) is 0 Å². The summed E-state index contributed by atoms with van der Waals surface area (Å²) in [5.41, 5.74) is 0.181. The van der Waals surface area contributed by atoms with Crippen molar-refractivity contribution in [2.45, 2.75) is 25.9 Å². The van der Waals surface area contributed by atoms with Crippen LogP contribution in [-0.4, -0.2) is 54.3 Å². The van der Waals surface area contributed by atoms with Crippen molar-refractivity contribution in [2.24, 2.45) is 0 Å². The number of hydrogen-bond donors (Lipinski definition) is 1. The molecule has 1 aliphatic heterocycles. The van der Waals surface area contributed by atoms with E-state index in [9.17, 15) is 18.4 Å². The molecule has 0 aromatic heterocycles. The number of benzene rings is 1. The number of halogens is 2. The SMILES string of the molecule is CCN(C)C(=O)CC1C(=O)NCCN1Cc1cccc(F)c1F. The van der Waals surface area contributed by atoms with E-state index in [4.69, 9.17) is 0 Å². The molecule has 1 aromatic rings. The van der Waals surface area contributed by atoms with E-state index in [1.165, 1.54) is 17.0 Å². The molecule has 1 heterocycles. The molecule has 0 spiro atoms. The number of rotatable bonds is 5. The summed E-state index contributed by atoms with van der Waals surface area (Å²) < 4.78 is 27.2. The fourth-order valence-electron chi connectivity index (χ4n) is 2.56. The van der Waals surface area contributed by atoms with Gasteiger partial charge in [-0.1, -0.05) is 12.1 Å². The highest BCUT2D eigenvalue weighted by atomic mass is 19.2. The Balaban J connectivity index is 2.15. The molecule has 1 saturated heterocycles. The fourth-order valence-corrected chi connectivity index (χ4v) is 2.56. The van der Waals surface area contributed by atoms with E-state index < -0.39 is 17.7 Å². The van der Waals surface area contributed by atoms with Gasteiger partial charge < -0.3 is 10.2 Å². The summed E-state index contributed by atoms with van der Waals surface area (Å²) in [5, 5.41) is 2.72. The minimum Gasteiger partial charge on any atom is -0.353 e. The normalized spacial score (nSPS) is 18.6. The van der Waals surface area contributed by atoms with Crippen molar-refractivity contribution < 1.29 is 18.4 Å². The Labute approximate surface area is 134 Å². The third kappa shape index (κ3) is 4.04. The van der Waals surface area contributed by atoms with Crippen LogP contribution in [-0.2, 0) is 16.1 Å². The second-order valence-electron chi connectivity index (χ2n) is 5.60. The van der Waals surface area contributed by atoms with E-state index >= 15 is 0 Å². The molecule has 0 bridgehead atoms. The zero-order chi connectivity index (χ0) is 17.0. The van der Waals surface area contributed by atoms with Crippen LogP contribution in [0.3, 0.4) is 0 Å². The van der Waals surface area contributed by atoms with Gasteiger partial charge in [0, 0.05) is 38.8 Å². The monoisotopic (exact) mass is 325 g/mol. The summed E-state index contributed by atoms with van der Waals surface area (Å²) >= 11 is 0. The highest BCUT2D eigenvalue weighted by molar-refractivity contribution is 5.88. The van der Waals surface area contributed by atoms with Crippen molar-refractivity contribution in [3.05, 3.63) is 35.4 Å². The molecule has 23 heavy (non-hydrogen) atoms. The Morgan fingerprint density at radius 2 is 2.17 bits per heavy atom. The molecule has 0 radical (unpaired) electrons. The fraction of sp³-hybridized carbons (Fsp3) is 0.500. The van der Waals surface area contributed by atoms with Gasteiger partial charge in [0.25, 0.3) is 0 Å². The van der Waals surface area contributed by atoms with Crippen LogP contribution < -0.4 is 5.32 Å². The first kappa shape index (κ1) is 17.3. The van der Waals surface area contributed by atoms with Gasteiger partial charge in [0.15, 0.2) is 11.6 Å². The Bertz CT molecular complexity index is 595. The van der Waals surface area contributed by atoms with Crippen LogP contribution in [0.15, 0.2) is 18.2 Å². The Morgan fingerprint density at radius 1 is 1.43 bits per heavy atom. The Kier molecular flexibility index (Phi) is 5.65. The van der Waals surface area contributed by atoms with Gasteiger partial charge in [-0.15, -0.1) is 0 Å². The number of carbonyl (C=O) groups is 2. The van der Waals surface area contributed by atoms with Crippen LogP contribution in [0.1, 0.15) is 18.9 Å². The predicted molar refractivity (Wildman–Crippen MR) is 81.5 cm³/mol. The number of piperazine rings is 1. The molecule has 1 unspecified atom stereocenters. The van der Waals surface area contributed by atoms with E-state index in [1.807, 2.05) is 6.92 Å². The van der Waals surface area contributed by atoms with Gasteiger partial charge in [-0.05, 0) is 13.0 Å². The number of nitrogens with zero attached hydrogens (tertiary/aromatic N) is 2. The molecular weight excluding hydrogens is 304 g/mol. The standard InChI is InChI=1S/C16H21F2N3O2/c1-3-20(2)14(22)9-13-16(23)19-7-8-21(13)10-11-5-4-6-12(17)15(11)18/h4-6,13H,3,7-10H2,1-2H3,(H,19,23). The van der Waals surface area contributed by atoms with E-state index in [0.717, 1.165) is 6.07 Å². The molecule has 2 amide bonds. The molecule has 0 aliphatic carbocycles.